The van der Waals surface area contributed by atoms with Gasteiger partial charge in [0.2, 0.25) is 0 Å². The molecule has 0 spiro atoms. The van der Waals surface area contributed by atoms with Gasteiger partial charge in [0.25, 0.3) is 14.6 Å². The number of aromatic nitrogens is 2. The molecule has 0 aliphatic carbocycles. The van der Waals surface area contributed by atoms with Gasteiger partial charge in [0.05, 0.1) is 11.3 Å². The van der Waals surface area contributed by atoms with Crippen molar-refractivity contribution < 1.29 is 8.42 Å². The molecule has 1 aromatic carbocycles. The van der Waals surface area contributed by atoms with Crippen LogP contribution in [0.25, 0.3) is 5.69 Å². The van der Waals surface area contributed by atoms with E-state index >= 15 is 0 Å². The van der Waals surface area contributed by atoms with Crippen LogP contribution in [0.3, 0.4) is 0 Å². The average molecular weight is 368 g/mol. The number of hydrogen-bond donors (Lipinski definition) is 0. The van der Waals surface area contributed by atoms with E-state index in [4.69, 9.17) is 15.9 Å². The van der Waals surface area contributed by atoms with Crippen molar-refractivity contribution in [3.05, 3.63) is 55.4 Å². The average Bonchev–Trinajstić information content (AvgIpc) is 2.51. The Balaban J connectivity index is 3.04. The predicted molar refractivity (Wildman–Crippen MR) is 89.2 cm³/mol. The van der Waals surface area contributed by atoms with Gasteiger partial charge in [-0.25, -0.2) is 17.8 Å². The van der Waals surface area contributed by atoms with E-state index in [1.54, 1.807) is 26.8 Å². The number of hydrogen-bond acceptors (Lipinski definition) is 5. The lowest BCUT2D eigenvalue weighted by Crippen LogP contribution is -2.40. The van der Waals surface area contributed by atoms with Crippen molar-refractivity contribution in [3.63, 3.8) is 0 Å². The summed E-state index contributed by atoms with van der Waals surface area (Å²) in [6.07, 6.45) is 0. The summed E-state index contributed by atoms with van der Waals surface area (Å²) < 4.78 is 25.6. The Morgan fingerprint density at radius 3 is 2.25 bits per heavy atom. The molecule has 2 aromatic rings. The van der Waals surface area contributed by atoms with Crippen LogP contribution in [0.15, 0.2) is 26.6 Å². The minimum Gasteiger partial charge on any atom is -0.300 e. The van der Waals surface area contributed by atoms with Gasteiger partial charge in [0.1, 0.15) is 11.0 Å². The highest BCUT2D eigenvalue weighted by Gasteiger charge is 2.21. The van der Waals surface area contributed by atoms with Crippen molar-refractivity contribution in [1.82, 2.24) is 9.13 Å². The van der Waals surface area contributed by atoms with E-state index in [2.05, 4.69) is 0 Å². The quantitative estimate of drug-likeness (QED) is 0.743. The summed E-state index contributed by atoms with van der Waals surface area (Å²) >= 11 is 0. The first-order chi connectivity index (χ1) is 11.0. The molecule has 0 atom stereocenters. The molecule has 0 saturated carbocycles. The lowest BCUT2D eigenvalue weighted by atomic mass is 10.1. The number of aryl methyl sites for hydroxylation is 1. The van der Waals surface area contributed by atoms with Crippen molar-refractivity contribution in [3.8, 4) is 11.8 Å². The summed E-state index contributed by atoms with van der Waals surface area (Å²) in [6.45, 7) is 4.79. The van der Waals surface area contributed by atoms with E-state index in [9.17, 15) is 18.0 Å². The minimum atomic E-state index is -4.22. The van der Waals surface area contributed by atoms with Gasteiger partial charge in [-0.2, -0.15) is 5.26 Å². The smallest absolute Gasteiger partial charge is 0.300 e. The maximum Gasteiger partial charge on any atom is 0.335 e. The van der Waals surface area contributed by atoms with Crippen molar-refractivity contribution in [2.75, 3.05) is 0 Å². The first-order valence-electron chi connectivity index (χ1n) is 6.79. The molecule has 0 amide bonds. The summed E-state index contributed by atoms with van der Waals surface area (Å²) in [5.74, 6) is 0. The zero-order valence-electron chi connectivity index (χ0n) is 13.4. The Kier molecular flexibility index (Phi) is 4.44. The van der Waals surface area contributed by atoms with Gasteiger partial charge in [-0.1, -0.05) is 0 Å². The van der Waals surface area contributed by atoms with E-state index in [-0.39, 0.29) is 11.3 Å². The number of rotatable bonds is 2. The predicted octanol–water partition coefficient (Wildman–Crippen LogP) is 1.26. The summed E-state index contributed by atoms with van der Waals surface area (Å²) in [5.41, 5.74) is 0.0176. The number of nitrogens with zero attached hydrogens (tertiary/aromatic N) is 3. The van der Waals surface area contributed by atoms with E-state index in [1.807, 2.05) is 0 Å². The highest BCUT2D eigenvalue weighted by Crippen LogP contribution is 2.25. The molecule has 1 aromatic heterocycles. The van der Waals surface area contributed by atoms with Gasteiger partial charge in [-0.05, 0) is 38.5 Å². The fourth-order valence-electron chi connectivity index (χ4n) is 2.37. The van der Waals surface area contributed by atoms with Gasteiger partial charge < -0.3 is 4.57 Å². The molecule has 0 radical (unpaired) electrons. The van der Waals surface area contributed by atoms with E-state index in [0.29, 0.717) is 16.8 Å². The van der Waals surface area contributed by atoms with Crippen molar-refractivity contribution in [2.45, 2.75) is 25.7 Å². The molecule has 24 heavy (non-hydrogen) atoms. The zero-order chi connectivity index (χ0) is 18.4. The van der Waals surface area contributed by atoms with E-state index < -0.39 is 25.2 Å². The minimum absolute atomic E-state index is 0.0712. The molecule has 0 aliphatic rings. The number of nitriles is 1. The molecular weight excluding hydrogens is 354 g/mol. The Hall–Kier alpha value is -2.37. The maximum atomic E-state index is 12.5. The van der Waals surface area contributed by atoms with Crippen molar-refractivity contribution in [2.24, 2.45) is 7.05 Å². The molecule has 9 heteroatoms. The van der Waals surface area contributed by atoms with Gasteiger partial charge in [0, 0.05) is 29.0 Å². The summed E-state index contributed by atoms with van der Waals surface area (Å²) in [5, 5.41) is 9.09. The van der Waals surface area contributed by atoms with Crippen LogP contribution in [0, 0.1) is 32.1 Å². The summed E-state index contributed by atoms with van der Waals surface area (Å²) in [4.78, 5) is 24.6. The van der Waals surface area contributed by atoms with Crippen LogP contribution in [0.1, 0.15) is 22.4 Å². The van der Waals surface area contributed by atoms with Crippen LogP contribution < -0.4 is 11.2 Å². The molecule has 7 nitrogen and oxygen atoms in total. The second-order valence-electron chi connectivity index (χ2n) is 5.38. The summed E-state index contributed by atoms with van der Waals surface area (Å²) in [6, 6.07) is 4.11. The fourth-order valence-corrected chi connectivity index (χ4v) is 3.38. The topological polar surface area (TPSA) is 102 Å². The second kappa shape index (κ2) is 5.92. The molecule has 0 unspecified atom stereocenters. The van der Waals surface area contributed by atoms with Crippen LogP contribution in [0.4, 0.5) is 0 Å². The lowest BCUT2D eigenvalue weighted by molar-refractivity contribution is 0.609. The van der Waals surface area contributed by atoms with Crippen LogP contribution >= 0.6 is 10.7 Å². The first-order valence-corrected chi connectivity index (χ1v) is 9.10. The van der Waals surface area contributed by atoms with Crippen molar-refractivity contribution >= 4 is 19.7 Å². The summed E-state index contributed by atoms with van der Waals surface area (Å²) in [7, 11) is 2.66. The monoisotopic (exact) mass is 367 g/mol. The largest absolute Gasteiger partial charge is 0.335 e. The Morgan fingerprint density at radius 1 is 1.17 bits per heavy atom. The van der Waals surface area contributed by atoms with E-state index in [0.717, 1.165) is 10.6 Å². The lowest BCUT2D eigenvalue weighted by Gasteiger charge is -2.15. The zero-order valence-corrected chi connectivity index (χ0v) is 15.0. The van der Waals surface area contributed by atoms with E-state index in [1.165, 1.54) is 17.7 Å². The first kappa shape index (κ1) is 18.0. The third-order valence-electron chi connectivity index (χ3n) is 3.97. The van der Waals surface area contributed by atoms with Gasteiger partial charge in [-0.15, -0.1) is 0 Å². The second-order valence-corrected chi connectivity index (χ2v) is 7.91. The molecule has 2 rings (SSSR count). The maximum absolute atomic E-state index is 12.5. The third kappa shape index (κ3) is 2.77. The number of benzene rings is 1. The molecule has 126 valence electrons. The molecule has 0 bridgehead atoms. The van der Waals surface area contributed by atoms with Crippen LogP contribution in [-0.2, 0) is 16.1 Å². The highest BCUT2D eigenvalue weighted by molar-refractivity contribution is 8.13. The van der Waals surface area contributed by atoms with Crippen LogP contribution in [-0.4, -0.2) is 17.6 Å². The Morgan fingerprint density at radius 2 is 1.75 bits per heavy atom. The molecular formula is C15H14ClN3O4S. The SMILES string of the molecule is Cc1cc(C#N)c(S(=O)(=O)Cl)cc1-n1c(=O)c(C)c(C)n(C)c1=O. The normalized spacial score (nSPS) is 11.3. The molecule has 0 fully saturated rings. The number of halogens is 1. The van der Waals surface area contributed by atoms with Gasteiger partial charge >= 0.3 is 5.69 Å². The highest BCUT2D eigenvalue weighted by atomic mass is 35.7. The fraction of sp³-hybridized carbons (Fsp3) is 0.267. The Labute approximate surface area is 142 Å². The molecule has 1 heterocycles. The van der Waals surface area contributed by atoms with Crippen molar-refractivity contribution in [1.29, 1.82) is 5.26 Å². The van der Waals surface area contributed by atoms with Gasteiger partial charge in [-0.3, -0.25) is 4.79 Å². The Bertz CT molecular complexity index is 1080. The van der Waals surface area contributed by atoms with Crippen LogP contribution in [0.2, 0.25) is 0 Å². The molecule has 0 saturated heterocycles. The standard InChI is InChI=1S/C15H14ClN3O4S/c1-8-5-11(7-17)13(24(16,22)23)6-12(8)19-14(20)9(2)10(3)18(4)15(19)21/h5-6H,1-4H3. The van der Waals surface area contributed by atoms with Crippen LogP contribution in [0.5, 0.6) is 0 Å². The molecule has 0 N–H and O–H groups in total. The third-order valence-corrected chi connectivity index (χ3v) is 5.33. The van der Waals surface area contributed by atoms with Gasteiger partial charge in [0.15, 0.2) is 0 Å². The molecule has 0 aliphatic heterocycles.